The van der Waals surface area contributed by atoms with Crippen LogP contribution in [0.2, 0.25) is 5.15 Å². The third kappa shape index (κ3) is 5.03. The Balaban J connectivity index is 2.37. The van der Waals surface area contributed by atoms with Crippen LogP contribution in [0.5, 0.6) is 0 Å². The summed E-state index contributed by atoms with van der Waals surface area (Å²) in [6.45, 7) is 6.68. The second kappa shape index (κ2) is 5.96. The zero-order valence-electron chi connectivity index (χ0n) is 9.63. The van der Waals surface area contributed by atoms with Crippen LogP contribution < -0.4 is 5.32 Å². The predicted molar refractivity (Wildman–Crippen MR) is 66.4 cm³/mol. The standard InChI is InChI=1S/C12H19ClN2/c1-9(2)4-5-10(3)15-11-6-7-12(13)14-8-11/h6-10,15H,4-5H2,1-3H3. The van der Waals surface area contributed by atoms with Crippen molar-refractivity contribution in [3.63, 3.8) is 0 Å². The van der Waals surface area contributed by atoms with E-state index in [0.29, 0.717) is 11.2 Å². The third-order valence-electron chi connectivity index (χ3n) is 2.32. The van der Waals surface area contributed by atoms with Crippen LogP contribution >= 0.6 is 11.6 Å². The highest BCUT2D eigenvalue weighted by atomic mass is 35.5. The first-order valence-corrected chi connectivity index (χ1v) is 5.84. The van der Waals surface area contributed by atoms with Gasteiger partial charge in [0.25, 0.3) is 0 Å². The normalized spacial score (nSPS) is 12.9. The number of nitrogens with zero attached hydrogens (tertiary/aromatic N) is 1. The van der Waals surface area contributed by atoms with Gasteiger partial charge < -0.3 is 5.32 Å². The van der Waals surface area contributed by atoms with Crippen molar-refractivity contribution in [1.82, 2.24) is 4.98 Å². The Morgan fingerprint density at radius 2 is 2.00 bits per heavy atom. The van der Waals surface area contributed by atoms with Crippen molar-refractivity contribution in [3.05, 3.63) is 23.5 Å². The van der Waals surface area contributed by atoms with Crippen molar-refractivity contribution in [3.8, 4) is 0 Å². The number of rotatable bonds is 5. The summed E-state index contributed by atoms with van der Waals surface area (Å²) in [6.07, 6.45) is 4.20. The molecule has 0 aliphatic heterocycles. The molecule has 3 heteroatoms. The Bertz CT molecular complexity index is 282. The SMILES string of the molecule is CC(C)CCC(C)Nc1ccc(Cl)nc1. The summed E-state index contributed by atoms with van der Waals surface area (Å²) in [5.41, 5.74) is 1.04. The lowest BCUT2D eigenvalue weighted by Crippen LogP contribution is -2.15. The molecule has 0 aliphatic carbocycles. The summed E-state index contributed by atoms with van der Waals surface area (Å²) in [4.78, 5) is 4.03. The lowest BCUT2D eigenvalue weighted by Gasteiger charge is -2.15. The Kier molecular flexibility index (Phi) is 4.89. The minimum absolute atomic E-state index is 0.482. The molecule has 1 N–H and O–H groups in total. The van der Waals surface area contributed by atoms with Crippen LogP contribution in [0.25, 0.3) is 0 Å². The lowest BCUT2D eigenvalue weighted by molar-refractivity contribution is 0.527. The summed E-state index contributed by atoms with van der Waals surface area (Å²) in [7, 11) is 0. The van der Waals surface area contributed by atoms with E-state index in [-0.39, 0.29) is 0 Å². The maximum Gasteiger partial charge on any atom is 0.129 e. The molecule has 1 rings (SSSR count). The quantitative estimate of drug-likeness (QED) is 0.769. The van der Waals surface area contributed by atoms with Gasteiger partial charge in [-0.05, 0) is 37.8 Å². The minimum atomic E-state index is 0.482. The topological polar surface area (TPSA) is 24.9 Å². The summed E-state index contributed by atoms with van der Waals surface area (Å²) in [5.74, 6) is 0.762. The molecule has 0 aliphatic rings. The summed E-state index contributed by atoms with van der Waals surface area (Å²) in [6, 6.07) is 4.25. The monoisotopic (exact) mass is 226 g/mol. The van der Waals surface area contributed by atoms with E-state index in [9.17, 15) is 0 Å². The van der Waals surface area contributed by atoms with Gasteiger partial charge in [-0.1, -0.05) is 25.4 Å². The molecular weight excluding hydrogens is 208 g/mol. The molecule has 84 valence electrons. The van der Waals surface area contributed by atoms with Crippen LogP contribution in [0.3, 0.4) is 0 Å². The summed E-state index contributed by atoms with van der Waals surface area (Å²) in [5, 5.41) is 3.94. The molecule has 1 aromatic heterocycles. The predicted octanol–water partition coefficient (Wildman–Crippen LogP) is 3.97. The molecule has 1 unspecified atom stereocenters. The van der Waals surface area contributed by atoms with Gasteiger partial charge in [0.15, 0.2) is 0 Å². The zero-order valence-corrected chi connectivity index (χ0v) is 10.4. The van der Waals surface area contributed by atoms with Crippen LogP contribution in [0, 0.1) is 5.92 Å². The molecule has 0 saturated carbocycles. The number of nitrogens with one attached hydrogen (secondary N) is 1. The van der Waals surface area contributed by atoms with E-state index in [4.69, 9.17) is 11.6 Å². The van der Waals surface area contributed by atoms with Crippen LogP contribution in [0.4, 0.5) is 5.69 Å². The fraction of sp³-hybridized carbons (Fsp3) is 0.583. The van der Waals surface area contributed by atoms with Gasteiger partial charge in [0.1, 0.15) is 5.15 Å². The Morgan fingerprint density at radius 3 is 2.53 bits per heavy atom. The first kappa shape index (κ1) is 12.3. The van der Waals surface area contributed by atoms with Gasteiger partial charge in [-0.3, -0.25) is 0 Å². The fourth-order valence-corrected chi connectivity index (χ4v) is 1.51. The first-order chi connectivity index (χ1) is 7.08. The number of aromatic nitrogens is 1. The van der Waals surface area contributed by atoms with Crippen molar-refractivity contribution >= 4 is 17.3 Å². The summed E-state index contributed by atoms with van der Waals surface area (Å²) >= 11 is 5.71. The molecule has 1 heterocycles. The van der Waals surface area contributed by atoms with Crippen molar-refractivity contribution in [1.29, 1.82) is 0 Å². The molecule has 0 fully saturated rings. The maximum atomic E-state index is 5.71. The van der Waals surface area contributed by atoms with Crippen LogP contribution in [0.15, 0.2) is 18.3 Å². The molecule has 0 spiro atoms. The lowest BCUT2D eigenvalue weighted by atomic mass is 10.0. The van der Waals surface area contributed by atoms with Gasteiger partial charge >= 0.3 is 0 Å². The van der Waals surface area contributed by atoms with E-state index >= 15 is 0 Å². The van der Waals surface area contributed by atoms with E-state index in [0.717, 1.165) is 11.6 Å². The third-order valence-corrected chi connectivity index (χ3v) is 2.54. The van der Waals surface area contributed by atoms with Crippen molar-refractivity contribution in [2.24, 2.45) is 5.92 Å². The molecule has 0 bridgehead atoms. The number of hydrogen-bond donors (Lipinski definition) is 1. The maximum absolute atomic E-state index is 5.71. The van der Waals surface area contributed by atoms with Crippen LogP contribution in [-0.2, 0) is 0 Å². The average molecular weight is 227 g/mol. The zero-order chi connectivity index (χ0) is 11.3. The highest BCUT2D eigenvalue weighted by Gasteiger charge is 2.03. The van der Waals surface area contributed by atoms with E-state index in [2.05, 4.69) is 31.1 Å². The first-order valence-electron chi connectivity index (χ1n) is 5.46. The highest BCUT2D eigenvalue weighted by molar-refractivity contribution is 6.29. The molecule has 0 radical (unpaired) electrons. The van der Waals surface area contributed by atoms with Crippen LogP contribution in [-0.4, -0.2) is 11.0 Å². The minimum Gasteiger partial charge on any atom is -0.381 e. The molecule has 1 aromatic rings. The Hall–Kier alpha value is -0.760. The summed E-state index contributed by atoms with van der Waals surface area (Å²) < 4.78 is 0. The Morgan fingerprint density at radius 1 is 1.27 bits per heavy atom. The molecule has 0 amide bonds. The Labute approximate surface area is 97.1 Å². The van der Waals surface area contributed by atoms with Crippen LogP contribution in [0.1, 0.15) is 33.6 Å². The molecular formula is C12H19ClN2. The van der Waals surface area contributed by atoms with Gasteiger partial charge in [-0.2, -0.15) is 0 Å². The number of pyridine rings is 1. The second-order valence-corrected chi connectivity index (χ2v) is 4.77. The van der Waals surface area contributed by atoms with Gasteiger partial charge in [-0.15, -0.1) is 0 Å². The molecule has 1 atom stereocenters. The van der Waals surface area contributed by atoms with E-state index < -0.39 is 0 Å². The highest BCUT2D eigenvalue weighted by Crippen LogP contribution is 2.14. The van der Waals surface area contributed by atoms with E-state index in [1.807, 2.05) is 6.07 Å². The molecule has 0 aromatic carbocycles. The smallest absolute Gasteiger partial charge is 0.129 e. The van der Waals surface area contributed by atoms with Gasteiger partial charge in [0.05, 0.1) is 11.9 Å². The largest absolute Gasteiger partial charge is 0.381 e. The number of hydrogen-bond acceptors (Lipinski definition) is 2. The van der Waals surface area contributed by atoms with Gasteiger partial charge in [0, 0.05) is 6.04 Å². The second-order valence-electron chi connectivity index (χ2n) is 4.39. The number of anilines is 1. The average Bonchev–Trinajstić information content (AvgIpc) is 2.19. The fourth-order valence-electron chi connectivity index (χ4n) is 1.40. The van der Waals surface area contributed by atoms with Crippen molar-refractivity contribution < 1.29 is 0 Å². The van der Waals surface area contributed by atoms with Crippen molar-refractivity contribution in [2.75, 3.05) is 5.32 Å². The van der Waals surface area contributed by atoms with E-state index in [1.165, 1.54) is 12.8 Å². The molecule has 15 heavy (non-hydrogen) atoms. The number of halogens is 1. The van der Waals surface area contributed by atoms with Gasteiger partial charge in [-0.25, -0.2) is 4.98 Å². The molecule has 0 saturated heterocycles. The van der Waals surface area contributed by atoms with Crippen molar-refractivity contribution in [2.45, 2.75) is 39.7 Å². The van der Waals surface area contributed by atoms with Gasteiger partial charge in [0.2, 0.25) is 0 Å². The van der Waals surface area contributed by atoms with E-state index in [1.54, 1.807) is 12.3 Å². The molecule has 2 nitrogen and oxygen atoms in total.